The van der Waals surface area contributed by atoms with Crippen molar-refractivity contribution >= 4 is 33.8 Å². The molecule has 176 valence electrons. The number of anilines is 4. The van der Waals surface area contributed by atoms with Gasteiger partial charge >= 0.3 is 0 Å². The summed E-state index contributed by atoms with van der Waals surface area (Å²) in [5, 5.41) is 10.2. The standard InChI is InChI=1S/C23H21F4N7/c1-23(2,12-28)5-4-13-6-14(24)8-15(7-13)34(11-18(26)27)22-19-16(9-31-10-17(19)25)20(33(3)30)21(29)32-22/h6-10,18H,11,30H2,1-3H3,(H2,29,32). The van der Waals surface area contributed by atoms with Crippen molar-refractivity contribution in [2.45, 2.75) is 20.3 Å². The number of aromatic nitrogens is 2. The molecule has 7 nitrogen and oxygen atoms in total. The Hall–Kier alpha value is -4.09. The van der Waals surface area contributed by atoms with Gasteiger partial charge in [-0.05, 0) is 32.0 Å². The van der Waals surface area contributed by atoms with Gasteiger partial charge in [-0.15, -0.1) is 0 Å². The van der Waals surface area contributed by atoms with Crippen LogP contribution in [-0.2, 0) is 0 Å². The van der Waals surface area contributed by atoms with Crippen molar-refractivity contribution in [1.82, 2.24) is 9.97 Å². The molecular formula is C23H21F4N7. The number of alkyl halides is 2. The van der Waals surface area contributed by atoms with Gasteiger partial charge in [0.1, 0.15) is 22.7 Å². The van der Waals surface area contributed by atoms with Crippen LogP contribution in [0.1, 0.15) is 19.4 Å². The summed E-state index contributed by atoms with van der Waals surface area (Å²) in [4.78, 5) is 8.91. The van der Waals surface area contributed by atoms with Crippen LogP contribution in [0.4, 0.5) is 40.6 Å². The van der Waals surface area contributed by atoms with Crippen LogP contribution >= 0.6 is 0 Å². The summed E-state index contributed by atoms with van der Waals surface area (Å²) in [6, 6.07) is 5.44. The highest BCUT2D eigenvalue weighted by Crippen LogP contribution is 2.39. The average Bonchev–Trinajstić information content (AvgIpc) is 2.75. The fourth-order valence-electron chi connectivity index (χ4n) is 3.28. The summed E-state index contributed by atoms with van der Waals surface area (Å²) in [5.74, 6) is 9.14. The maximum absolute atomic E-state index is 14.9. The van der Waals surface area contributed by atoms with Crippen LogP contribution in [0.5, 0.6) is 0 Å². The molecule has 1 aromatic carbocycles. The van der Waals surface area contributed by atoms with E-state index in [0.29, 0.717) is 0 Å². The second kappa shape index (κ2) is 9.41. The van der Waals surface area contributed by atoms with Crippen molar-refractivity contribution in [2.75, 3.05) is 29.2 Å². The largest absolute Gasteiger partial charge is 0.382 e. The van der Waals surface area contributed by atoms with Gasteiger partial charge in [0.25, 0.3) is 6.43 Å². The highest BCUT2D eigenvalue weighted by Gasteiger charge is 2.25. The SMILES string of the molecule is CN(N)c1c(N)nc(N(CC(F)F)c2cc(F)cc(C#CC(C)(C)C#N)c2)c2c(F)cncc12. The minimum Gasteiger partial charge on any atom is -0.382 e. The summed E-state index contributed by atoms with van der Waals surface area (Å²) in [6.45, 7) is 2.21. The number of fused-ring (bicyclic) bond motifs is 1. The van der Waals surface area contributed by atoms with E-state index in [-0.39, 0.29) is 39.3 Å². The first-order chi connectivity index (χ1) is 15.9. The van der Waals surface area contributed by atoms with Crippen molar-refractivity contribution in [3.05, 3.63) is 47.8 Å². The lowest BCUT2D eigenvalue weighted by Gasteiger charge is -2.27. The first kappa shape index (κ1) is 24.6. The number of halogens is 4. The van der Waals surface area contributed by atoms with Gasteiger partial charge in [0.15, 0.2) is 11.6 Å². The zero-order chi connectivity index (χ0) is 25.2. The topological polar surface area (TPSA) is 108 Å². The fraction of sp³-hybridized carbons (Fsp3) is 0.261. The molecule has 0 fully saturated rings. The molecule has 0 saturated heterocycles. The molecule has 0 aliphatic carbocycles. The molecular weight excluding hydrogens is 450 g/mol. The van der Waals surface area contributed by atoms with E-state index < -0.39 is 30.0 Å². The zero-order valence-electron chi connectivity index (χ0n) is 18.6. The molecule has 3 aromatic rings. The van der Waals surface area contributed by atoms with Gasteiger partial charge in [-0.1, -0.05) is 11.8 Å². The third-order valence-corrected chi connectivity index (χ3v) is 4.77. The lowest BCUT2D eigenvalue weighted by Crippen LogP contribution is -2.29. The first-order valence-corrected chi connectivity index (χ1v) is 9.95. The summed E-state index contributed by atoms with van der Waals surface area (Å²) in [6.07, 6.45) is -0.710. The number of rotatable bonds is 5. The minimum absolute atomic E-state index is 0.0578. The molecule has 0 aliphatic heterocycles. The van der Waals surface area contributed by atoms with Gasteiger partial charge in [0, 0.05) is 29.9 Å². The quantitative estimate of drug-likeness (QED) is 0.250. The molecule has 0 atom stereocenters. The Bertz CT molecular complexity index is 1340. The zero-order valence-corrected chi connectivity index (χ0v) is 18.6. The Kier molecular flexibility index (Phi) is 6.80. The van der Waals surface area contributed by atoms with Crippen molar-refractivity contribution in [3.63, 3.8) is 0 Å². The highest BCUT2D eigenvalue weighted by molar-refractivity contribution is 6.05. The van der Waals surface area contributed by atoms with Gasteiger partial charge in [-0.25, -0.2) is 28.4 Å². The van der Waals surface area contributed by atoms with Crippen molar-refractivity contribution in [2.24, 2.45) is 11.3 Å². The highest BCUT2D eigenvalue weighted by atomic mass is 19.3. The third kappa shape index (κ3) is 5.11. The van der Waals surface area contributed by atoms with Gasteiger partial charge in [0.2, 0.25) is 0 Å². The molecule has 0 amide bonds. The smallest absolute Gasteiger partial charge is 0.256 e. The van der Waals surface area contributed by atoms with Crippen LogP contribution in [0.15, 0.2) is 30.6 Å². The normalized spacial score (nSPS) is 11.2. The molecule has 3 rings (SSSR count). The van der Waals surface area contributed by atoms with Gasteiger partial charge in [-0.3, -0.25) is 4.98 Å². The number of benzene rings is 1. The van der Waals surface area contributed by atoms with Crippen LogP contribution in [0.25, 0.3) is 10.8 Å². The van der Waals surface area contributed by atoms with Crippen LogP contribution < -0.4 is 21.5 Å². The average molecular weight is 471 g/mol. The monoisotopic (exact) mass is 471 g/mol. The number of nitrogens with zero attached hydrogens (tertiary/aromatic N) is 5. The number of hydrazine groups is 1. The predicted octanol–water partition coefficient (Wildman–Crippen LogP) is 4.10. The first-order valence-electron chi connectivity index (χ1n) is 9.95. The second-order valence-electron chi connectivity index (χ2n) is 8.01. The Balaban J connectivity index is 2.30. The molecule has 2 aromatic heterocycles. The lowest BCUT2D eigenvalue weighted by molar-refractivity contribution is 0.158. The van der Waals surface area contributed by atoms with Crippen molar-refractivity contribution in [3.8, 4) is 17.9 Å². The molecule has 34 heavy (non-hydrogen) atoms. The Labute approximate surface area is 193 Å². The van der Waals surface area contributed by atoms with E-state index in [0.717, 1.165) is 28.2 Å². The number of nitrogens with two attached hydrogens (primary N) is 2. The third-order valence-electron chi connectivity index (χ3n) is 4.77. The van der Waals surface area contributed by atoms with Crippen LogP contribution in [0.3, 0.4) is 0 Å². The summed E-state index contributed by atoms with van der Waals surface area (Å²) in [5.41, 5.74) is 5.24. The molecule has 11 heteroatoms. The Morgan fingerprint density at radius 3 is 2.50 bits per heavy atom. The number of hydrogen-bond acceptors (Lipinski definition) is 7. The lowest BCUT2D eigenvalue weighted by atomic mass is 9.96. The van der Waals surface area contributed by atoms with E-state index >= 15 is 0 Å². The number of pyridine rings is 2. The molecule has 0 spiro atoms. The van der Waals surface area contributed by atoms with Crippen LogP contribution in [-0.4, -0.2) is 30.0 Å². The fourth-order valence-corrected chi connectivity index (χ4v) is 3.28. The summed E-state index contributed by atoms with van der Waals surface area (Å²) < 4.78 is 56.7. The molecule has 2 heterocycles. The van der Waals surface area contributed by atoms with Gasteiger partial charge in [-0.2, -0.15) is 5.26 Å². The molecule has 4 N–H and O–H groups in total. The number of nitrogen functional groups attached to an aromatic ring is 1. The molecule has 0 aliphatic rings. The van der Waals surface area contributed by atoms with Crippen LogP contribution in [0, 0.1) is 40.2 Å². The van der Waals surface area contributed by atoms with Crippen molar-refractivity contribution < 1.29 is 17.6 Å². The minimum atomic E-state index is -2.89. The number of nitriles is 1. The van der Waals surface area contributed by atoms with E-state index in [2.05, 4.69) is 21.8 Å². The second-order valence-corrected chi connectivity index (χ2v) is 8.01. The maximum atomic E-state index is 14.9. The summed E-state index contributed by atoms with van der Waals surface area (Å²) >= 11 is 0. The van der Waals surface area contributed by atoms with E-state index in [1.165, 1.54) is 19.3 Å². The molecule has 0 bridgehead atoms. The van der Waals surface area contributed by atoms with E-state index in [4.69, 9.17) is 16.8 Å². The number of hydrogen-bond donors (Lipinski definition) is 2. The van der Waals surface area contributed by atoms with Crippen molar-refractivity contribution in [1.29, 1.82) is 5.26 Å². The molecule has 0 unspecified atom stereocenters. The maximum Gasteiger partial charge on any atom is 0.256 e. The Morgan fingerprint density at radius 2 is 1.88 bits per heavy atom. The molecule has 0 saturated carbocycles. The molecule has 0 radical (unpaired) electrons. The van der Waals surface area contributed by atoms with Gasteiger partial charge in [0.05, 0.1) is 24.2 Å². The van der Waals surface area contributed by atoms with E-state index in [1.54, 1.807) is 13.8 Å². The predicted molar refractivity (Wildman–Crippen MR) is 122 cm³/mol. The van der Waals surface area contributed by atoms with E-state index in [9.17, 15) is 17.6 Å². The van der Waals surface area contributed by atoms with E-state index in [1.807, 2.05) is 6.07 Å². The van der Waals surface area contributed by atoms with Gasteiger partial charge < -0.3 is 15.6 Å². The Morgan fingerprint density at radius 1 is 1.18 bits per heavy atom. The summed E-state index contributed by atoms with van der Waals surface area (Å²) in [7, 11) is 1.45. The van der Waals surface area contributed by atoms with Crippen LogP contribution in [0.2, 0.25) is 0 Å².